The van der Waals surface area contributed by atoms with Crippen molar-refractivity contribution in [2.24, 2.45) is 0 Å². The topological polar surface area (TPSA) is 80.9 Å². The van der Waals surface area contributed by atoms with Crippen LogP contribution in [0.5, 0.6) is 0 Å². The predicted molar refractivity (Wildman–Crippen MR) is 63.5 cm³/mol. The highest BCUT2D eigenvalue weighted by atomic mass is 35.5. The summed E-state index contributed by atoms with van der Waals surface area (Å²) in [6.45, 7) is 0. The summed E-state index contributed by atoms with van der Waals surface area (Å²) in [5, 5.41) is 10.4. The lowest BCUT2D eigenvalue weighted by Crippen LogP contribution is -2.13. The number of amides is 1. The number of carbonyl (C=O) groups excluding carboxylic acids is 1. The van der Waals surface area contributed by atoms with Gasteiger partial charge >= 0.3 is 6.01 Å². The van der Waals surface area contributed by atoms with Gasteiger partial charge in [-0.2, -0.15) is 0 Å². The van der Waals surface area contributed by atoms with E-state index in [-0.39, 0.29) is 16.9 Å². The van der Waals surface area contributed by atoms with Gasteiger partial charge in [0.15, 0.2) is 0 Å². The normalized spacial score (nSPS) is 14.5. The lowest BCUT2D eigenvalue weighted by atomic mass is 10.3. The van der Waals surface area contributed by atoms with Crippen LogP contribution in [0.2, 0.25) is 5.15 Å². The summed E-state index contributed by atoms with van der Waals surface area (Å²) in [4.78, 5) is 15.7. The zero-order chi connectivity index (χ0) is 12.5. The largest absolute Gasteiger partial charge is 0.408 e. The van der Waals surface area contributed by atoms with Crippen molar-refractivity contribution in [3.8, 4) is 0 Å². The van der Waals surface area contributed by atoms with Crippen LogP contribution in [0.4, 0.5) is 6.01 Å². The second-order valence-corrected chi connectivity index (χ2v) is 4.41. The van der Waals surface area contributed by atoms with Crippen molar-refractivity contribution in [1.29, 1.82) is 0 Å². The molecule has 3 rings (SSSR count). The molecule has 2 aromatic heterocycles. The minimum Gasteiger partial charge on any atom is -0.408 e. The summed E-state index contributed by atoms with van der Waals surface area (Å²) < 4.78 is 5.32. The number of anilines is 1. The summed E-state index contributed by atoms with van der Waals surface area (Å²) in [5.74, 6) is 0.500. The zero-order valence-corrected chi connectivity index (χ0v) is 10.0. The molecule has 7 heteroatoms. The van der Waals surface area contributed by atoms with Gasteiger partial charge in [0.05, 0.1) is 0 Å². The van der Waals surface area contributed by atoms with Crippen LogP contribution in [0.3, 0.4) is 0 Å². The van der Waals surface area contributed by atoms with E-state index in [9.17, 15) is 4.79 Å². The molecule has 6 nitrogen and oxygen atoms in total. The van der Waals surface area contributed by atoms with E-state index in [4.69, 9.17) is 16.0 Å². The van der Waals surface area contributed by atoms with Gasteiger partial charge < -0.3 is 4.42 Å². The molecule has 18 heavy (non-hydrogen) atoms. The third kappa shape index (κ3) is 2.33. The van der Waals surface area contributed by atoms with Crippen molar-refractivity contribution < 1.29 is 9.21 Å². The molecule has 0 unspecified atom stereocenters. The molecule has 1 N–H and O–H groups in total. The molecule has 0 radical (unpaired) electrons. The Bertz CT molecular complexity index is 594. The summed E-state index contributed by atoms with van der Waals surface area (Å²) in [7, 11) is 0. The number of carbonyl (C=O) groups is 1. The standard InChI is InChI=1S/C11H9ClN4O2/c12-8-3-1-2-7(13-8)9(17)14-11-16-15-10(18-11)6-4-5-6/h1-3,6H,4-5H2,(H,14,16,17). The molecule has 0 atom stereocenters. The Kier molecular flexibility index (Phi) is 2.71. The Morgan fingerprint density at radius 1 is 1.39 bits per heavy atom. The number of hydrogen-bond acceptors (Lipinski definition) is 5. The average molecular weight is 265 g/mol. The fraction of sp³-hybridized carbons (Fsp3) is 0.273. The van der Waals surface area contributed by atoms with E-state index in [0.29, 0.717) is 11.8 Å². The summed E-state index contributed by atoms with van der Waals surface area (Å²) >= 11 is 5.70. The number of nitrogens with zero attached hydrogens (tertiary/aromatic N) is 3. The maximum absolute atomic E-state index is 11.8. The molecule has 1 aliphatic carbocycles. The quantitative estimate of drug-likeness (QED) is 0.860. The minimum absolute atomic E-state index is 0.0867. The van der Waals surface area contributed by atoms with Crippen LogP contribution in [-0.2, 0) is 0 Å². The highest BCUT2D eigenvalue weighted by molar-refractivity contribution is 6.29. The van der Waals surface area contributed by atoms with Crippen molar-refractivity contribution in [1.82, 2.24) is 15.2 Å². The molecule has 1 fully saturated rings. The molecule has 1 amide bonds. The second-order valence-electron chi connectivity index (χ2n) is 4.02. The second kappa shape index (κ2) is 4.38. The highest BCUT2D eigenvalue weighted by Crippen LogP contribution is 2.39. The van der Waals surface area contributed by atoms with Crippen molar-refractivity contribution in [2.45, 2.75) is 18.8 Å². The molecule has 1 aliphatic rings. The predicted octanol–water partition coefficient (Wildman–Crippen LogP) is 2.25. The van der Waals surface area contributed by atoms with Crippen LogP contribution in [0.25, 0.3) is 0 Å². The molecule has 0 bridgehead atoms. The van der Waals surface area contributed by atoms with Crippen LogP contribution in [0.15, 0.2) is 22.6 Å². The van der Waals surface area contributed by atoms with Gasteiger partial charge in [0.25, 0.3) is 5.91 Å². The van der Waals surface area contributed by atoms with E-state index in [1.165, 1.54) is 0 Å². The monoisotopic (exact) mass is 264 g/mol. The number of pyridine rings is 1. The van der Waals surface area contributed by atoms with Crippen LogP contribution >= 0.6 is 11.6 Å². The first-order chi connectivity index (χ1) is 8.72. The molecule has 0 spiro atoms. The Morgan fingerprint density at radius 3 is 2.94 bits per heavy atom. The Balaban J connectivity index is 1.73. The summed E-state index contributed by atoms with van der Waals surface area (Å²) in [6.07, 6.45) is 2.12. The highest BCUT2D eigenvalue weighted by Gasteiger charge is 2.29. The van der Waals surface area contributed by atoms with E-state index in [1.807, 2.05) is 0 Å². The number of aromatic nitrogens is 3. The van der Waals surface area contributed by atoms with E-state index in [1.54, 1.807) is 18.2 Å². The fourth-order valence-electron chi connectivity index (χ4n) is 1.48. The minimum atomic E-state index is -0.427. The van der Waals surface area contributed by atoms with Gasteiger partial charge in [0, 0.05) is 5.92 Å². The smallest absolute Gasteiger partial charge is 0.322 e. The third-order valence-corrected chi connectivity index (χ3v) is 2.75. The Hall–Kier alpha value is -1.95. The molecule has 0 aliphatic heterocycles. The van der Waals surface area contributed by atoms with Crippen LogP contribution in [-0.4, -0.2) is 21.1 Å². The molecule has 2 aromatic rings. The van der Waals surface area contributed by atoms with Crippen LogP contribution in [0.1, 0.15) is 35.1 Å². The Labute approximate surface area is 107 Å². The van der Waals surface area contributed by atoms with Gasteiger partial charge in [0.2, 0.25) is 5.89 Å². The van der Waals surface area contributed by atoms with Crippen molar-refractivity contribution in [3.05, 3.63) is 34.9 Å². The van der Waals surface area contributed by atoms with Gasteiger partial charge in [-0.05, 0) is 25.0 Å². The van der Waals surface area contributed by atoms with Gasteiger partial charge in [-0.3, -0.25) is 10.1 Å². The third-order valence-electron chi connectivity index (χ3n) is 2.54. The Morgan fingerprint density at radius 2 is 2.22 bits per heavy atom. The zero-order valence-electron chi connectivity index (χ0n) is 9.26. The van der Waals surface area contributed by atoms with Crippen molar-refractivity contribution in [2.75, 3.05) is 5.32 Å². The first kappa shape index (κ1) is 11.2. The maximum atomic E-state index is 11.8. The van der Waals surface area contributed by atoms with E-state index >= 15 is 0 Å². The molecular formula is C11H9ClN4O2. The lowest BCUT2D eigenvalue weighted by molar-refractivity contribution is 0.101. The van der Waals surface area contributed by atoms with Gasteiger partial charge in [-0.15, -0.1) is 5.10 Å². The first-order valence-corrected chi connectivity index (χ1v) is 5.87. The van der Waals surface area contributed by atoms with Crippen LogP contribution in [0, 0.1) is 0 Å². The average Bonchev–Trinajstić information content (AvgIpc) is 3.11. The number of nitrogens with one attached hydrogen (secondary N) is 1. The van der Waals surface area contributed by atoms with E-state index < -0.39 is 5.91 Å². The number of rotatable bonds is 3. The lowest BCUT2D eigenvalue weighted by Gasteiger charge is -1.99. The van der Waals surface area contributed by atoms with Gasteiger partial charge in [-0.25, -0.2) is 4.98 Å². The fourth-order valence-corrected chi connectivity index (χ4v) is 1.64. The van der Waals surface area contributed by atoms with E-state index in [0.717, 1.165) is 12.8 Å². The van der Waals surface area contributed by atoms with Crippen molar-refractivity contribution in [3.63, 3.8) is 0 Å². The molecule has 0 saturated heterocycles. The molecule has 92 valence electrons. The summed E-state index contributed by atoms with van der Waals surface area (Å²) in [6, 6.07) is 4.88. The molecular weight excluding hydrogens is 256 g/mol. The number of hydrogen-bond donors (Lipinski definition) is 1. The summed E-state index contributed by atoms with van der Waals surface area (Å²) in [5.41, 5.74) is 0.202. The van der Waals surface area contributed by atoms with Crippen LogP contribution < -0.4 is 5.32 Å². The van der Waals surface area contributed by atoms with E-state index in [2.05, 4.69) is 20.5 Å². The molecule has 0 aromatic carbocycles. The first-order valence-electron chi connectivity index (χ1n) is 5.49. The molecule has 1 saturated carbocycles. The van der Waals surface area contributed by atoms with Gasteiger partial charge in [-0.1, -0.05) is 22.8 Å². The number of halogens is 1. The van der Waals surface area contributed by atoms with Crippen molar-refractivity contribution >= 4 is 23.5 Å². The SMILES string of the molecule is O=C(Nc1nnc(C2CC2)o1)c1cccc(Cl)n1. The van der Waals surface area contributed by atoms with Gasteiger partial charge in [0.1, 0.15) is 10.8 Å². The molecule has 2 heterocycles. The maximum Gasteiger partial charge on any atom is 0.322 e.